The molecule has 5 nitrogen and oxygen atoms in total. The first-order valence-corrected chi connectivity index (χ1v) is 9.87. The minimum Gasteiger partial charge on any atom is -0.373 e. The molecule has 0 aromatic carbocycles. The fraction of sp³-hybridized carbons (Fsp3) is 0.500. The predicted molar refractivity (Wildman–Crippen MR) is 100 cm³/mol. The molecule has 2 aliphatic heterocycles. The van der Waals surface area contributed by atoms with Crippen LogP contribution in [-0.2, 0) is 16.1 Å². The van der Waals surface area contributed by atoms with Gasteiger partial charge >= 0.3 is 0 Å². The molecular formula is C20H24N2O3S. The maximum atomic E-state index is 12.7. The maximum absolute atomic E-state index is 12.7. The Morgan fingerprint density at radius 1 is 1.38 bits per heavy atom. The molecule has 0 bridgehead atoms. The number of hydrogen-bond donors (Lipinski definition) is 0. The zero-order valence-electron chi connectivity index (χ0n) is 15.2. The highest BCUT2D eigenvalue weighted by Crippen LogP contribution is 2.37. The molecule has 0 unspecified atom stereocenters. The minimum absolute atomic E-state index is 0.125. The van der Waals surface area contributed by atoms with Gasteiger partial charge in [-0.05, 0) is 49.6 Å². The Kier molecular flexibility index (Phi) is 4.82. The highest BCUT2D eigenvalue weighted by atomic mass is 32.1. The molecule has 4 rings (SSSR count). The Balaban J connectivity index is 1.32. The topological polar surface area (TPSA) is 51.7 Å². The molecule has 26 heavy (non-hydrogen) atoms. The first kappa shape index (κ1) is 17.6. The third-order valence-electron chi connectivity index (χ3n) is 5.30. The highest BCUT2D eigenvalue weighted by Gasteiger charge is 2.49. The Bertz CT molecular complexity index is 764. The zero-order chi connectivity index (χ0) is 18.1. The zero-order valence-corrected chi connectivity index (χ0v) is 16.1. The van der Waals surface area contributed by atoms with Crippen LogP contribution in [-0.4, -0.2) is 47.2 Å². The van der Waals surface area contributed by atoms with Crippen LogP contribution in [0.25, 0.3) is 0 Å². The molecule has 0 aliphatic carbocycles. The Morgan fingerprint density at radius 2 is 2.15 bits per heavy atom. The monoisotopic (exact) mass is 372 g/mol. The van der Waals surface area contributed by atoms with E-state index >= 15 is 0 Å². The summed E-state index contributed by atoms with van der Waals surface area (Å²) in [5, 5.41) is 0. The van der Waals surface area contributed by atoms with Crippen molar-refractivity contribution in [1.82, 2.24) is 9.88 Å². The lowest BCUT2D eigenvalue weighted by molar-refractivity contribution is -0.187. The van der Waals surface area contributed by atoms with E-state index in [1.807, 2.05) is 23.1 Å². The van der Waals surface area contributed by atoms with Crippen LogP contribution in [0.15, 0.2) is 30.6 Å². The first-order valence-electron chi connectivity index (χ1n) is 9.05. The molecule has 2 aromatic rings. The molecule has 138 valence electrons. The van der Waals surface area contributed by atoms with Gasteiger partial charge in [-0.3, -0.25) is 9.78 Å². The van der Waals surface area contributed by atoms with Crippen LogP contribution < -0.4 is 0 Å². The van der Waals surface area contributed by atoms with Gasteiger partial charge in [0.2, 0.25) is 0 Å². The number of aromatic nitrogens is 1. The number of amides is 1. The lowest BCUT2D eigenvalue weighted by Crippen LogP contribution is -2.67. The van der Waals surface area contributed by atoms with E-state index in [0.29, 0.717) is 26.3 Å². The van der Waals surface area contributed by atoms with E-state index in [-0.39, 0.29) is 17.6 Å². The number of thiophene rings is 1. The fourth-order valence-corrected chi connectivity index (χ4v) is 4.67. The summed E-state index contributed by atoms with van der Waals surface area (Å²) in [6.07, 6.45) is 5.51. The third kappa shape index (κ3) is 3.54. The van der Waals surface area contributed by atoms with Crippen LogP contribution in [0.3, 0.4) is 0 Å². The van der Waals surface area contributed by atoms with Gasteiger partial charge in [0, 0.05) is 30.3 Å². The van der Waals surface area contributed by atoms with E-state index in [2.05, 4.69) is 18.8 Å². The summed E-state index contributed by atoms with van der Waals surface area (Å²) in [7, 11) is 0. The van der Waals surface area contributed by atoms with Crippen molar-refractivity contribution in [3.63, 3.8) is 0 Å². The molecule has 0 saturated carbocycles. The predicted octanol–water partition coefficient (Wildman–Crippen LogP) is 3.35. The average molecular weight is 372 g/mol. The summed E-state index contributed by atoms with van der Waals surface area (Å²) in [4.78, 5) is 20.6. The number of carbonyl (C=O) groups is 1. The number of rotatable bonds is 4. The van der Waals surface area contributed by atoms with Crippen molar-refractivity contribution in [2.75, 3.05) is 19.7 Å². The first-order chi connectivity index (χ1) is 12.5. The van der Waals surface area contributed by atoms with Crippen molar-refractivity contribution in [3.8, 4) is 0 Å². The molecule has 0 N–H and O–H groups in total. The molecule has 4 heterocycles. The normalized spacial score (nSPS) is 21.6. The summed E-state index contributed by atoms with van der Waals surface area (Å²) in [5.41, 5.74) is 2.10. The smallest absolute Gasteiger partial charge is 0.264 e. The lowest BCUT2D eigenvalue weighted by atomic mass is 9.84. The van der Waals surface area contributed by atoms with Gasteiger partial charge in [0.1, 0.15) is 5.60 Å². The Morgan fingerprint density at radius 3 is 2.85 bits per heavy atom. The van der Waals surface area contributed by atoms with E-state index in [4.69, 9.17) is 9.47 Å². The van der Waals surface area contributed by atoms with Gasteiger partial charge in [-0.15, -0.1) is 11.3 Å². The SMILES string of the molecule is Cc1cc(C(=O)N2CC3(C[C@H](OCc4ccncc4)CCO3)C2)sc1C. The van der Waals surface area contributed by atoms with Gasteiger partial charge in [-0.2, -0.15) is 0 Å². The van der Waals surface area contributed by atoms with Crippen molar-refractivity contribution in [1.29, 1.82) is 0 Å². The van der Waals surface area contributed by atoms with Crippen LogP contribution in [0.1, 0.15) is 38.5 Å². The van der Waals surface area contributed by atoms with Crippen LogP contribution in [0.5, 0.6) is 0 Å². The summed E-state index contributed by atoms with van der Waals surface area (Å²) >= 11 is 1.58. The third-order valence-corrected chi connectivity index (χ3v) is 6.45. The Hall–Kier alpha value is -1.76. The van der Waals surface area contributed by atoms with Gasteiger partial charge in [-0.1, -0.05) is 0 Å². The molecular weight excluding hydrogens is 348 g/mol. The molecule has 0 radical (unpaired) electrons. The maximum Gasteiger partial charge on any atom is 0.264 e. The number of nitrogens with zero attached hydrogens (tertiary/aromatic N) is 2. The molecule has 1 spiro atoms. The van der Waals surface area contributed by atoms with Crippen LogP contribution >= 0.6 is 11.3 Å². The van der Waals surface area contributed by atoms with E-state index in [9.17, 15) is 4.79 Å². The van der Waals surface area contributed by atoms with Crippen LogP contribution in [0, 0.1) is 13.8 Å². The second-order valence-corrected chi connectivity index (χ2v) is 8.58. The molecule has 1 amide bonds. The second-order valence-electron chi connectivity index (χ2n) is 7.32. The molecule has 2 aliphatic rings. The Labute approximate surface area is 157 Å². The molecule has 1 atom stereocenters. The van der Waals surface area contributed by atoms with Crippen LogP contribution in [0.4, 0.5) is 0 Å². The number of hydrogen-bond acceptors (Lipinski definition) is 5. The lowest BCUT2D eigenvalue weighted by Gasteiger charge is -2.52. The molecule has 6 heteroatoms. The largest absolute Gasteiger partial charge is 0.373 e. The number of aryl methyl sites for hydroxylation is 2. The van der Waals surface area contributed by atoms with Gasteiger partial charge in [-0.25, -0.2) is 0 Å². The number of ether oxygens (including phenoxy) is 2. The van der Waals surface area contributed by atoms with E-state index in [1.54, 1.807) is 23.7 Å². The van der Waals surface area contributed by atoms with Crippen molar-refractivity contribution >= 4 is 17.2 Å². The van der Waals surface area contributed by atoms with Gasteiger partial charge in [0.25, 0.3) is 5.91 Å². The molecule has 2 fully saturated rings. The standard InChI is InChI=1S/C20H24N2O3S/c1-14-9-18(26-15(14)2)19(23)22-12-20(13-22)10-17(5-8-25-20)24-11-16-3-6-21-7-4-16/h3-4,6-7,9,17H,5,8,10-13H2,1-2H3/t17-/m1/s1. The molecule has 2 aromatic heterocycles. The van der Waals surface area contributed by atoms with E-state index in [1.165, 1.54) is 10.4 Å². The average Bonchev–Trinajstić information content (AvgIpc) is 2.97. The van der Waals surface area contributed by atoms with Crippen LogP contribution in [0.2, 0.25) is 0 Å². The molecule has 2 saturated heterocycles. The van der Waals surface area contributed by atoms with Gasteiger partial charge < -0.3 is 14.4 Å². The van der Waals surface area contributed by atoms with E-state index in [0.717, 1.165) is 23.3 Å². The summed E-state index contributed by atoms with van der Waals surface area (Å²) < 4.78 is 12.1. The van der Waals surface area contributed by atoms with Crippen molar-refractivity contribution in [2.24, 2.45) is 0 Å². The minimum atomic E-state index is -0.224. The van der Waals surface area contributed by atoms with Crippen molar-refractivity contribution < 1.29 is 14.3 Å². The van der Waals surface area contributed by atoms with Crippen molar-refractivity contribution in [3.05, 3.63) is 51.5 Å². The van der Waals surface area contributed by atoms with Crippen molar-refractivity contribution in [2.45, 2.75) is 45.0 Å². The van der Waals surface area contributed by atoms with E-state index < -0.39 is 0 Å². The number of pyridine rings is 1. The summed E-state index contributed by atoms with van der Waals surface area (Å²) in [6.45, 7) is 6.73. The fourth-order valence-electron chi connectivity index (χ4n) is 3.67. The van der Waals surface area contributed by atoms with Gasteiger partial charge in [0.15, 0.2) is 0 Å². The summed E-state index contributed by atoms with van der Waals surface area (Å²) in [5.74, 6) is 0.125. The quantitative estimate of drug-likeness (QED) is 0.826. The summed E-state index contributed by atoms with van der Waals surface area (Å²) in [6, 6.07) is 5.95. The second kappa shape index (κ2) is 7.10. The number of likely N-dealkylation sites (tertiary alicyclic amines) is 1. The number of carbonyl (C=O) groups excluding carboxylic acids is 1. The highest BCUT2D eigenvalue weighted by molar-refractivity contribution is 7.14. The van der Waals surface area contributed by atoms with Gasteiger partial charge in [0.05, 0.1) is 30.7 Å².